The molecule has 2 aromatic rings. The zero-order valence-electron chi connectivity index (χ0n) is 11.2. The van der Waals surface area contributed by atoms with E-state index in [9.17, 15) is 0 Å². The first-order chi connectivity index (χ1) is 9.21. The molecule has 5 heteroatoms. The van der Waals surface area contributed by atoms with E-state index in [2.05, 4.69) is 35.0 Å². The van der Waals surface area contributed by atoms with Gasteiger partial charge in [-0.15, -0.1) is 0 Å². The van der Waals surface area contributed by atoms with Crippen LogP contribution in [0.3, 0.4) is 0 Å². The third kappa shape index (κ3) is 2.50. The van der Waals surface area contributed by atoms with Crippen molar-refractivity contribution < 1.29 is 0 Å². The van der Waals surface area contributed by atoms with Crippen LogP contribution in [0.15, 0.2) is 12.1 Å². The third-order valence-corrected chi connectivity index (χ3v) is 3.61. The van der Waals surface area contributed by atoms with E-state index in [0.717, 1.165) is 35.9 Å². The van der Waals surface area contributed by atoms with Crippen molar-refractivity contribution in [2.45, 2.75) is 45.4 Å². The van der Waals surface area contributed by atoms with Crippen LogP contribution in [0.5, 0.6) is 0 Å². The molecule has 2 heterocycles. The second kappa shape index (κ2) is 4.93. The van der Waals surface area contributed by atoms with Gasteiger partial charge in [-0.1, -0.05) is 25.4 Å². The number of aromatic nitrogens is 4. The third-order valence-electron chi connectivity index (χ3n) is 3.42. The average molecular weight is 277 g/mol. The molecule has 0 saturated heterocycles. The largest absolute Gasteiger partial charge is 0.221 e. The highest BCUT2D eigenvalue weighted by atomic mass is 35.5. The van der Waals surface area contributed by atoms with E-state index in [0.29, 0.717) is 11.1 Å². The minimum absolute atomic E-state index is 0.490. The van der Waals surface area contributed by atoms with Crippen molar-refractivity contribution >= 4 is 11.6 Å². The molecule has 1 fully saturated rings. The highest BCUT2D eigenvalue weighted by molar-refractivity contribution is 6.29. The maximum absolute atomic E-state index is 6.12. The van der Waals surface area contributed by atoms with Gasteiger partial charge in [0.15, 0.2) is 5.82 Å². The molecule has 1 aliphatic rings. The van der Waals surface area contributed by atoms with E-state index in [1.54, 1.807) is 6.07 Å². The lowest BCUT2D eigenvalue weighted by Gasteiger charge is -2.07. The Bertz CT molecular complexity index is 601. The molecule has 0 unspecified atom stereocenters. The minimum atomic E-state index is 0.490. The Morgan fingerprint density at radius 1 is 1.21 bits per heavy atom. The van der Waals surface area contributed by atoms with E-state index in [4.69, 9.17) is 11.6 Å². The molecule has 0 radical (unpaired) electrons. The van der Waals surface area contributed by atoms with Crippen LogP contribution in [0.2, 0.25) is 5.15 Å². The van der Waals surface area contributed by atoms with Gasteiger partial charge in [0.2, 0.25) is 0 Å². The zero-order valence-corrected chi connectivity index (χ0v) is 12.0. The van der Waals surface area contributed by atoms with Crippen LogP contribution in [-0.2, 0) is 12.8 Å². The Labute approximate surface area is 117 Å². The number of rotatable bonds is 4. The fourth-order valence-corrected chi connectivity index (χ4v) is 2.34. The summed E-state index contributed by atoms with van der Waals surface area (Å²) in [6.07, 6.45) is 4.18. The zero-order chi connectivity index (χ0) is 13.4. The topological polar surface area (TPSA) is 43.6 Å². The van der Waals surface area contributed by atoms with Crippen LogP contribution in [0.25, 0.3) is 5.82 Å². The molecule has 2 aromatic heterocycles. The Balaban J connectivity index is 2.07. The van der Waals surface area contributed by atoms with Crippen molar-refractivity contribution in [1.29, 1.82) is 0 Å². The van der Waals surface area contributed by atoms with Crippen LogP contribution in [0.4, 0.5) is 0 Å². The summed E-state index contributed by atoms with van der Waals surface area (Å²) in [4.78, 5) is 8.94. The molecule has 0 bridgehead atoms. The summed E-state index contributed by atoms with van der Waals surface area (Å²) in [7, 11) is 0. The van der Waals surface area contributed by atoms with Gasteiger partial charge in [0.05, 0.1) is 5.69 Å². The fourth-order valence-electron chi connectivity index (χ4n) is 2.15. The van der Waals surface area contributed by atoms with E-state index in [-0.39, 0.29) is 0 Å². The predicted molar refractivity (Wildman–Crippen MR) is 74.9 cm³/mol. The molecule has 19 heavy (non-hydrogen) atoms. The van der Waals surface area contributed by atoms with Gasteiger partial charge < -0.3 is 0 Å². The predicted octanol–water partition coefficient (Wildman–Crippen LogP) is 3.32. The number of aryl methyl sites for hydroxylation is 2. The van der Waals surface area contributed by atoms with Crippen molar-refractivity contribution in [3.63, 3.8) is 0 Å². The summed E-state index contributed by atoms with van der Waals surface area (Å²) in [6.45, 7) is 4.23. The molecule has 0 aromatic carbocycles. The lowest BCUT2D eigenvalue weighted by Crippen LogP contribution is -2.07. The standard InChI is InChI=1S/C14H17ClN4/c1-3-10-7-11(4-2)19(18-10)13-8-12(15)16-14(17-13)9-5-6-9/h7-9H,3-6H2,1-2H3. The van der Waals surface area contributed by atoms with Gasteiger partial charge in [0.1, 0.15) is 11.0 Å². The number of halogens is 1. The van der Waals surface area contributed by atoms with Crippen LogP contribution < -0.4 is 0 Å². The fraction of sp³-hybridized carbons (Fsp3) is 0.500. The maximum Gasteiger partial charge on any atom is 0.158 e. The van der Waals surface area contributed by atoms with Gasteiger partial charge >= 0.3 is 0 Å². The van der Waals surface area contributed by atoms with E-state index in [1.165, 1.54) is 12.8 Å². The van der Waals surface area contributed by atoms with E-state index >= 15 is 0 Å². The smallest absolute Gasteiger partial charge is 0.158 e. The van der Waals surface area contributed by atoms with E-state index in [1.807, 2.05) is 4.68 Å². The van der Waals surface area contributed by atoms with Crippen LogP contribution in [0, 0.1) is 0 Å². The Hall–Kier alpha value is -1.42. The van der Waals surface area contributed by atoms with Crippen molar-refractivity contribution in [1.82, 2.24) is 19.7 Å². The van der Waals surface area contributed by atoms with Crippen molar-refractivity contribution in [2.75, 3.05) is 0 Å². The van der Waals surface area contributed by atoms with Gasteiger partial charge in [-0.3, -0.25) is 0 Å². The summed E-state index contributed by atoms with van der Waals surface area (Å²) < 4.78 is 1.90. The summed E-state index contributed by atoms with van der Waals surface area (Å²) in [5.41, 5.74) is 2.24. The van der Waals surface area contributed by atoms with Crippen molar-refractivity contribution in [2.24, 2.45) is 0 Å². The van der Waals surface area contributed by atoms with Gasteiger partial charge in [-0.2, -0.15) is 5.10 Å². The number of nitrogens with zero attached hydrogens (tertiary/aromatic N) is 4. The minimum Gasteiger partial charge on any atom is -0.221 e. The van der Waals surface area contributed by atoms with Gasteiger partial charge in [-0.05, 0) is 31.7 Å². The summed E-state index contributed by atoms with van der Waals surface area (Å²) in [5.74, 6) is 2.14. The summed E-state index contributed by atoms with van der Waals surface area (Å²) in [5, 5.41) is 5.10. The van der Waals surface area contributed by atoms with Crippen LogP contribution >= 0.6 is 11.6 Å². The molecular weight excluding hydrogens is 260 g/mol. The first-order valence-electron chi connectivity index (χ1n) is 6.84. The Morgan fingerprint density at radius 2 is 2.00 bits per heavy atom. The Morgan fingerprint density at radius 3 is 2.63 bits per heavy atom. The average Bonchev–Trinajstić information content (AvgIpc) is 3.17. The first-order valence-corrected chi connectivity index (χ1v) is 7.21. The van der Waals surface area contributed by atoms with Crippen molar-refractivity contribution in [3.05, 3.63) is 34.5 Å². The summed E-state index contributed by atoms with van der Waals surface area (Å²) in [6, 6.07) is 3.92. The van der Waals surface area contributed by atoms with Gasteiger partial charge in [0.25, 0.3) is 0 Å². The van der Waals surface area contributed by atoms with Crippen LogP contribution in [0.1, 0.15) is 49.8 Å². The molecular formula is C14H17ClN4. The number of hydrogen-bond acceptors (Lipinski definition) is 3. The van der Waals surface area contributed by atoms with Crippen molar-refractivity contribution in [3.8, 4) is 5.82 Å². The highest BCUT2D eigenvalue weighted by Crippen LogP contribution is 2.38. The second-order valence-corrected chi connectivity index (χ2v) is 5.31. The molecule has 0 amide bonds. The molecule has 0 aliphatic heterocycles. The monoisotopic (exact) mass is 276 g/mol. The number of hydrogen-bond donors (Lipinski definition) is 0. The van der Waals surface area contributed by atoms with Crippen LogP contribution in [-0.4, -0.2) is 19.7 Å². The normalized spacial score (nSPS) is 14.9. The molecule has 3 rings (SSSR count). The molecule has 100 valence electrons. The lowest BCUT2D eigenvalue weighted by atomic mass is 10.2. The molecule has 0 atom stereocenters. The first kappa shape index (κ1) is 12.6. The SMILES string of the molecule is CCc1cc(CC)n(-c2cc(Cl)nc(C3CC3)n2)n1. The molecule has 1 aliphatic carbocycles. The lowest BCUT2D eigenvalue weighted by molar-refractivity contribution is 0.755. The van der Waals surface area contributed by atoms with Gasteiger partial charge in [-0.25, -0.2) is 14.6 Å². The molecule has 0 spiro atoms. The van der Waals surface area contributed by atoms with E-state index < -0.39 is 0 Å². The summed E-state index contributed by atoms with van der Waals surface area (Å²) >= 11 is 6.12. The molecule has 1 saturated carbocycles. The highest BCUT2D eigenvalue weighted by Gasteiger charge is 2.27. The molecule has 4 nitrogen and oxygen atoms in total. The maximum atomic E-state index is 6.12. The molecule has 0 N–H and O–H groups in total. The quantitative estimate of drug-likeness (QED) is 0.805. The Kier molecular flexibility index (Phi) is 3.27. The second-order valence-electron chi connectivity index (χ2n) is 4.93. The van der Waals surface area contributed by atoms with Gasteiger partial charge in [0, 0.05) is 17.7 Å².